The van der Waals surface area contributed by atoms with Crippen LogP contribution < -0.4 is 5.56 Å². The molecule has 3 aromatic rings. The molecule has 6 heteroatoms. The van der Waals surface area contributed by atoms with Crippen molar-refractivity contribution in [3.05, 3.63) is 56.7 Å². The summed E-state index contributed by atoms with van der Waals surface area (Å²) in [5, 5.41) is 2.67. The van der Waals surface area contributed by atoms with Gasteiger partial charge in [-0.25, -0.2) is 4.98 Å². The summed E-state index contributed by atoms with van der Waals surface area (Å²) in [5.74, 6) is 0.788. The lowest BCUT2D eigenvalue weighted by molar-refractivity contribution is 0.183. The lowest BCUT2D eigenvalue weighted by Gasteiger charge is -2.12. The molecule has 0 saturated carbocycles. The van der Waals surface area contributed by atoms with Crippen molar-refractivity contribution in [3.63, 3.8) is 0 Å². The molecule has 0 atom stereocenters. The van der Waals surface area contributed by atoms with Gasteiger partial charge in [0.25, 0.3) is 5.56 Å². The number of aromatic nitrogens is 2. The van der Waals surface area contributed by atoms with E-state index in [0.29, 0.717) is 17.9 Å². The zero-order valence-corrected chi connectivity index (χ0v) is 15.7. The number of benzene rings is 1. The van der Waals surface area contributed by atoms with Crippen LogP contribution in [0.3, 0.4) is 0 Å². The summed E-state index contributed by atoms with van der Waals surface area (Å²) in [5.41, 5.74) is 4.61. The molecular formula is C18H20N2O2S2. The number of thioether (sulfide) groups is 1. The summed E-state index contributed by atoms with van der Waals surface area (Å²) in [4.78, 5) is 17.4. The van der Waals surface area contributed by atoms with Crippen molar-refractivity contribution in [2.45, 2.75) is 31.3 Å². The minimum atomic E-state index is 0.0228. The molecule has 4 nitrogen and oxygen atoms in total. The third-order valence-corrected chi connectivity index (χ3v) is 5.93. The Morgan fingerprint density at radius 1 is 1.25 bits per heavy atom. The van der Waals surface area contributed by atoms with Gasteiger partial charge < -0.3 is 4.74 Å². The molecule has 0 fully saturated rings. The first-order valence-corrected chi connectivity index (χ1v) is 9.62. The molecule has 126 valence electrons. The number of ether oxygens (including phenoxy) is 1. The summed E-state index contributed by atoms with van der Waals surface area (Å²) >= 11 is 3.04. The second-order valence-electron chi connectivity index (χ2n) is 5.69. The van der Waals surface area contributed by atoms with Crippen LogP contribution in [-0.2, 0) is 17.0 Å². The second kappa shape index (κ2) is 7.51. The maximum absolute atomic E-state index is 12.7. The molecule has 0 bridgehead atoms. The fraction of sp³-hybridized carbons (Fsp3) is 0.333. The van der Waals surface area contributed by atoms with E-state index in [1.54, 1.807) is 23.4 Å². The lowest BCUT2D eigenvalue weighted by Crippen LogP contribution is -2.24. The van der Waals surface area contributed by atoms with Crippen LogP contribution in [0.25, 0.3) is 10.2 Å². The van der Waals surface area contributed by atoms with Gasteiger partial charge >= 0.3 is 0 Å². The van der Waals surface area contributed by atoms with E-state index in [-0.39, 0.29) is 5.56 Å². The summed E-state index contributed by atoms with van der Waals surface area (Å²) in [6.07, 6.45) is 0. The number of methoxy groups -OCH3 is 1. The van der Waals surface area contributed by atoms with Gasteiger partial charge in [-0.05, 0) is 42.0 Å². The van der Waals surface area contributed by atoms with Crippen LogP contribution in [0.1, 0.15) is 16.7 Å². The Morgan fingerprint density at radius 3 is 2.83 bits per heavy atom. The molecule has 24 heavy (non-hydrogen) atoms. The van der Waals surface area contributed by atoms with Crippen molar-refractivity contribution in [1.82, 2.24) is 9.55 Å². The van der Waals surface area contributed by atoms with E-state index in [1.165, 1.54) is 28.0 Å². The van der Waals surface area contributed by atoms with Crippen LogP contribution in [-0.4, -0.2) is 23.3 Å². The van der Waals surface area contributed by atoms with Gasteiger partial charge in [-0.2, -0.15) is 0 Å². The van der Waals surface area contributed by atoms with Crippen LogP contribution in [0.2, 0.25) is 0 Å². The van der Waals surface area contributed by atoms with Crippen LogP contribution in [0.4, 0.5) is 0 Å². The van der Waals surface area contributed by atoms with Gasteiger partial charge in [-0.3, -0.25) is 9.36 Å². The monoisotopic (exact) mass is 360 g/mol. The van der Waals surface area contributed by atoms with Crippen LogP contribution >= 0.6 is 23.1 Å². The standard InChI is InChI=1S/C18H20N2O2S2/c1-12-4-5-14(10-13(12)2)11-24-18-19-15-6-9-23-16(15)17(21)20(18)7-8-22-3/h4-6,9-10H,7-8,11H2,1-3H3. The maximum atomic E-state index is 12.7. The fourth-order valence-electron chi connectivity index (χ4n) is 2.45. The highest BCUT2D eigenvalue weighted by Gasteiger charge is 2.12. The van der Waals surface area contributed by atoms with Gasteiger partial charge in [0.15, 0.2) is 5.16 Å². The van der Waals surface area contributed by atoms with Gasteiger partial charge in [0.05, 0.1) is 18.7 Å². The lowest BCUT2D eigenvalue weighted by atomic mass is 10.1. The van der Waals surface area contributed by atoms with Crippen LogP contribution in [0.5, 0.6) is 0 Å². The third-order valence-electron chi connectivity index (χ3n) is 3.99. The van der Waals surface area contributed by atoms with E-state index in [4.69, 9.17) is 4.74 Å². The summed E-state index contributed by atoms with van der Waals surface area (Å²) < 4.78 is 7.59. The van der Waals surface area contributed by atoms with Crippen LogP contribution in [0, 0.1) is 13.8 Å². The summed E-state index contributed by atoms with van der Waals surface area (Å²) in [7, 11) is 1.64. The second-order valence-corrected chi connectivity index (χ2v) is 7.54. The number of nitrogens with zero attached hydrogens (tertiary/aromatic N) is 2. The van der Waals surface area contributed by atoms with E-state index >= 15 is 0 Å². The number of hydrogen-bond acceptors (Lipinski definition) is 5. The number of rotatable bonds is 6. The van der Waals surface area contributed by atoms with Crippen molar-refractivity contribution in [2.75, 3.05) is 13.7 Å². The Labute approximate surface area is 149 Å². The normalized spacial score (nSPS) is 11.3. The van der Waals surface area contributed by atoms with E-state index in [0.717, 1.165) is 16.4 Å². The zero-order chi connectivity index (χ0) is 17.1. The topological polar surface area (TPSA) is 44.1 Å². The van der Waals surface area contributed by atoms with Crippen LogP contribution in [0.15, 0.2) is 39.6 Å². The minimum Gasteiger partial charge on any atom is -0.383 e. The first kappa shape index (κ1) is 17.2. The number of aryl methyl sites for hydroxylation is 2. The van der Waals surface area contributed by atoms with E-state index in [1.807, 2.05) is 11.4 Å². The summed E-state index contributed by atoms with van der Waals surface area (Å²) in [6.45, 7) is 5.25. The molecule has 0 N–H and O–H groups in total. The molecule has 0 aliphatic heterocycles. The molecule has 0 amide bonds. The van der Waals surface area contributed by atoms with Crippen molar-refractivity contribution in [1.29, 1.82) is 0 Å². The predicted molar refractivity (Wildman–Crippen MR) is 101 cm³/mol. The van der Waals surface area contributed by atoms with E-state index in [2.05, 4.69) is 37.0 Å². The Kier molecular flexibility index (Phi) is 5.38. The van der Waals surface area contributed by atoms with Gasteiger partial charge in [-0.15, -0.1) is 11.3 Å². The number of thiophene rings is 1. The Morgan fingerprint density at radius 2 is 2.08 bits per heavy atom. The largest absolute Gasteiger partial charge is 0.383 e. The molecule has 3 rings (SSSR count). The number of hydrogen-bond donors (Lipinski definition) is 0. The highest BCUT2D eigenvalue weighted by Crippen LogP contribution is 2.24. The Balaban J connectivity index is 1.91. The predicted octanol–water partition coefficient (Wildman–Crippen LogP) is 4.01. The highest BCUT2D eigenvalue weighted by molar-refractivity contribution is 7.98. The minimum absolute atomic E-state index is 0.0228. The molecule has 0 aliphatic rings. The fourth-order valence-corrected chi connectivity index (χ4v) is 4.20. The van der Waals surface area contributed by atoms with Crippen molar-refractivity contribution in [3.8, 4) is 0 Å². The van der Waals surface area contributed by atoms with Gasteiger partial charge in [0.2, 0.25) is 0 Å². The van der Waals surface area contributed by atoms with E-state index < -0.39 is 0 Å². The van der Waals surface area contributed by atoms with Gasteiger partial charge in [-0.1, -0.05) is 30.0 Å². The van der Waals surface area contributed by atoms with Gasteiger partial charge in [0.1, 0.15) is 4.70 Å². The molecule has 2 aromatic heterocycles. The first-order chi connectivity index (χ1) is 11.6. The molecule has 0 spiro atoms. The van der Waals surface area contributed by atoms with Gasteiger partial charge in [0, 0.05) is 12.9 Å². The average Bonchev–Trinajstić information content (AvgIpc) is 3.04. The third kappa shape index (κ3) is 3.55. The SMILES string of the molecule is COCCn1c(SCc2ccc(C)c(C)c2)nc2ccsc2c1=O. The molecule has 2 heterocycles. The molecule has 0 saturated heterocycles. The molecule has 0 radical (unpaired) electrons. The van der Waals surface area contributed by atoms with E-state index in [9.17, 15) is 4.79 Å². The Bertz CT molecular complexity index is 915. The Hall–Kier alpha value is -1.63. The first-order valence-electron chi connectivity index (χ1n) is 7.76. The molecule has 0 aliphatic carbocycles. The molecule has 0 unspecified atom stereocenters. The average molecular weight is 361 g/mol. The van der Waals surface area contributed by atoms with Crippen molar-refractivity contribution < 1.29 is 4.74 Å². The van der Waals surface area contributed by atoms with Crippen molar-refractivity contribution in [2.24, 2.45) is 0 Å². The molecule has 1 aromatic carbocycles. The smallest absolute Gasteiger partial charge is 0.272 e. The molecular weight excluding hydrogens is 340 g/mol. The maximum Gasteiger partial charge on any atom is 0.272 e. The quantitative estimate of drug-likeness (QED) is 0.492. The van der Waals surface area contributed by atoms with Crippen molar-refractivity contribution >= 4 is 33.3 Å². The summed E-state index contributed by atoms with van der Waals surface area (Å²) in [6, 6.07) is 8.37. The zero-order valence-electron chi connectivity index (χ0n) is 14.0. The number of fused-ring (bicyclic) bond motifs is 1. The highest BCUT2D eigenvalue weighted by atomic mass is 32.2.